The van der Waals surface area contributed by atoms with Crippen LogP contribution in [0.15, 0.2) is 6.07 Å². The van der Waals surface area contributed by atoms with Crippen molar-refractivity contribution in [3.05, 3.63) is 22.2 Å². The monoisotopic (exact) mass is 235 g/mol. The Kier molecular flexibility index (Phi) is 2.55. The van der Waals surface area contributed by atoms with E-state index in [-0.39, 0.29) is 5.91 Å². The molecule has 1 amide bonds. The van der Waals surface area contributed by atoms with Crippen molar-refractivity contribution in [2.45, 2.75) is 13.8 Å². The van der Waals surface area contributed by atoms with Gasteiger partial charge in [-0.2, -0.15) is 0 Å². The van der Waals surface area contributed by atoms with Gasteiger partial charge in [0.05, 0.1) is 5.69 Å². The maximum Gasteiger partial charge on any atom is 0.263 e. The molecular weight excluding hydrogens is 222 g/mol. The first-order chi connectivity index (χ1) is 7.54. The van der Waals surface area contributed by atoms with Crippen molar-refractivity contribution >= 4 is 33.1 Å². The lowest BCUT2D eigenvalue weighted by Crippen LogP contribution is -2.17. The molecule has 84 valence electrons. The van der Waals surface area contributed by atoms with Gasteiger partial charge in [0.1, 0.15) is 9.71 Å². The van der Waals surface area contributed by atoms with E-state index in [1.54, 1.807) is 7.05 Å². The fourth-order valence-electron chi connectivity index (χ4n) is 1.75. The lowest BCUT2D eigenvalue weighted by atomic mass is 10.1. The Morgan fingerprint density at radius 1 is 1.50 bits per heavy atom. The molecule has 0 radical (unpaired) electrons. The van der Waals surface area contributed by atoms with Crippen molar-refractivity contribution < 1.29 is 4.79 Å². The molecule has 2 aromatic rings. The van der Waals surface area contributed by atoms with Crippen LogP contribution in [0.1, 0.15) is 20.9 Å². The van der Waals surface area contributed by atoms with Gasteiger partial charge in [0.25, 0.3) is 5.91 Å². The Bertz CT molecular complexity index is 574. The number of aryl methyl sites for hydroxylation is 2. The van der Waals surface area contributed by atoms with Crippen LogP contribution >= 0.6 is 11.3 Å². The lowest BCUT2D eigenvalue weighted by Gasteiger charge is -2.00. The summed E-state index contributed by atoms with van der Waals surface area (Å²) in [5, 5.41) is 3.48. The van der Waals surface area contributed by atoms with Crippen molar-refractivity contribution in [2.75, 3.05) is 12.8 Å². The van der Waals surface area contributed by atoms with Crippen LogP contribution in [0.3, 0.4) is 0 Å². The van der Waals surface area contributed by atoms with Gasteiger partial charge in [-0.3, -0.25) is 4.79 Å². The molecule has 0 aliphatic rings. The summed E-state index contributed by atoms with van der Waals surface area (Å²) < 4.78 is 0. The van der Waals surface area contributed by atoms with Crippen LogP contribution in [0.5, 0.6) is 0 Å². The van der Waals surface area contributed by atoms with E-state index in [1.165, 1.54) is 11.3 Å². The SMILES string of the molecule is CNC(=O)c1sc2nc(C)cc(C)c2c1N. The number of nitrogens with zero attached hydrogens (tertiary/aromatic N) is 1. The second-order valence-electron chi connectivity index (χ2n) is 3.68. The van der Waals surface area contributed by atoms with E-state index >= 15 is 0 Å². The molecule has 0 saturated carbocycles. The van der Waals surface area contributed by atoms with Gasteiger partial charge in [-0.05, 0) is 25.5 Å². The number of carbonyl (C=O) groups is 1. The van der Waals surface area contributed by atoms with Gasteiger partial charge in [-0.15, -0.1) is 11.3 Å². The lowest BCUT2D eigenvalue weighted by molar-refractivity contribution is 0.0968. The predicted molar refractivity (Wildman–Crippen MR) is 66.9 cm³/mol. The van der Waals surface area contributed by atoms with Crippen LogP contribution < -0.4 is 11.1 Å². The average Bonchev–Trinajstić information content (AvgIpc) is 2.54. The Hall–Kier alpha value is -1.62. The topological polar surface area (TPSA) is 68.0 Å². The van der Waals surface area contributed by atoms with E-state index in [0.717, 1.165) is 21.5 Å². The molecular formula is C11H13N3OS. The van der Waals surface area contributed by atoms with Crippen molar-refractivity contribution in [2.24, 2.45) is 0 Å². The van der Waals surface area contributed by atoms with E-state index in [2.05, 4.69) is 10.3 Å². The van der Waals surface area contributed by atoms with Crippen molar-refractivity contribution in [1.29, 1.82) is 0 Å². The molecule has 16 heavy (non-hydrogen) atoms. The van der Waals surface area contributed by atoms with Crippen LogP contribution in [0.2, 0.25) is 0 Å². The van der Waals surface area contributed by atoms with Gasteiger partial charge in [0.2, 0.25) is 0 Å². The molecule has 2 heterocycles. The maximum absolute atomic E-state index is 11.6. The highest BCUT2D eigenvalue weighted by Crippen LogP contribution is 2.34. The number of nitrogens with two attached hydrogens (primary N) is 1. The molecule has 2 rings (SSSR count). The van der Waals surface area contributed by atoms with Crippen LogP contribution in [0.25, 0.3) is 10.2 Å². The second-order valence-corrected chi connectivity index (χ2v) is 4.68. The van der Waals surface area contributed by atoms with Crippen LogP contribution in [0, 0.1) is 13.8 Å². The third-order valence-electron chi connectivity index (χ3n) is 2.46. The predicted octanol–water partition coefficient (Wildman–Crippen LogP) is 1.85. The third-order valence-corrected chi connectivity index (χ3v) is 3.56. The van der Waals surface area contributed by atoms with Gasteiger partial charge in [-0.1, -0.05) is 0 Å². The highest BCUT2D eigenvalue weighted by molar-refractivity contribution is 7.21. The minimum Gasteiger partial charge on any atom is -0.397 e. The number of nitrogen functional groups attached to an aromatic ring is 1. The summed E-state index contributed by atoms with van der Waals surface area (Å²) >= 11 is 1.34. The molecule has 0 spiro atoms. The molecule has 0 saturated heterocycles. The van der Waals surface area contributed by atoms with Gasteiger partial charge >= 0.3 is 0 Å². The standard InChI is InChI=1S/C11H13N3OS/c1-5-4-6(2)14-11-7(5)8(12)9(16-11)10(15)13-3/h4H,12H2,1-3H3,(H,13,15). The first-order valence-electron chi connectivity index (χ1n) is 4.93. The zero-order valence-electron chi connectivity index (χ0n) is 9.42. The molecule has 0 aromatic carbocycles. The van der Waals surface area contributed by atoms with E-state index < -0.39 is 0 Å². The Morgan fingerprint density at radius 3 is 2.81 bits per heavy atom. The summed E-state index contributed by atoms with van der Waals surface area (Å²) in [4.78, 5) is 17.4. The number of thiophene rings is 1. The first kappa shape index (κ1) is 10.9. The molecule has 0 bridgehead atoms. The Balaban J connectivity index is 2.78. The zero-order chi connectivity index (χ0) is 11.9. The zero-order valence-corrected chi connectivity index (χ0v) is 10.2. The second kappa shape index (κ2) is 3.75. The smallest absolute Gasteiger partial charge is 0.263 e. The molecule has 2 aromatic heterocycles. The first-order valence-corrected chi connectivity index (χ1v) is 5.74. The number of anilines is 1. The molecule has 0 atom stereocenters. The summed E-state index contributed by atoms with van der Waals surface area (Å²) in [5.41, 5.74) is 8.51. The summed E-state index contributed by atoms with van der Waals surface area (Å²) in [6.07, 6.45) is 0. The number of carbonyl (C=O) groups excluding carboxylic acids is 1. The molecule has 5 heteroatoms. The highest BCUT2D eigenvalue weighted by atomic mass is 32.1. The fourth-order valence-corrected chi connectivity index (χ4v) is 2.91. The number of fused-ring (bicyclic) bond motifs is 1. The number of hydrogen-bond acceptors (Lipinski definition) is 4. The largest absolute Gasteiger partial charge is 0.397 e. The van der Waals surface area contributed by atoms with E-state index in [4.69, 9.17) is 5.73 Å². The minimum absolute atomic E-state index is 0.155. The molecule has 0 aliphatic heterocycles. The van der Waals surface area contributed by atoms with Crippen LogP contribution in [-0.2, 0) is 0 Å². The average molecular weight is 235 g/mol. The van der Waals surface area contributed by atoms with Gasteiger partial charge in [0, 0.05) is 18.1 Å². The highest BCUT2D eigenvalue weighted by Gasteiger charge is 2.17. The van der Waals surface area contributed by atoms with Crippen molar-refractivity contribution in [1.82, 2.24) is 10.3 Å². The van der Waals surface area contributed by atoms with Gasteiger partial charge in [0.15, 0.2) is 0 Å². The fraction of sp³-hybridized carbons (Fsp3) is 0.273. The Morgan fingerprint density at radius 2 is 2.19 bits per heavy atom. The third kappa shape index (κ3) is 1.53. The van der Waals surface area contributed by atoms with E-state index in [0.29, 0.717) is 10.6 Å². The molecule has 0 aliphatic carbocycles. The van der Waals surface area contributed by atoms with E-state index in [9.17, 15) is 4.79 Å². The summed E-state index contributed by atoms with van der Waals surface area (Å²) in [5.74, 6) is -0.155. The van der Waals surface area contributed by atoms with E-state index in [1.807, 2.05) is 19.9 Å². The van der Waals surface area contributed by atoms with Crippen LogP contribution in [-0.4, -0.2) is 17.9 Å². The van der Waals surface area contributed by atoms with Crippen LogP contribution in [0.4, 0.5) is 5.69 Å². The van der Waals surface area contributed by atoms with Crippen molar-refractivity contribution in [3.63, 3.8) is 0 Å². The molecule has 4 nitrogen and oxygen atoms in total. The maximum atomic E-state index is 11.6. The minimum atomic E-state index is -0.155. The quantitative estimate of drug-likeness (QED) is 0.792. The number of hydrogen-bond donors (Lipinski definition) is 2. The number of rotatable bonds is 1. The molecule has 0 unspecified atom stereocenters. The summed E-state index contributed by atoms with van der Waals surface area (Å²) in [6, 6.07) is 1.97. The number of amides is 1. The van der Waals surface area contributed by atoms with Crippen molar-refractivity contribution in [3.8, 4) is 0 Å². The number of aromatic nitrogens is 1. The number of pyridine rings is 1. The molecule has 0 fully saturated rings. The summed E-state index contributed by atoms with van der Waals surface area (Å²) in [7, 11) is 1.59. The normalized spacial score (nSPS) is 10.7. The number of nitrogens with one attached hydrogen (secondary N) is 1. The van der Waals surface area contributed by atoms with Gasteiger partial charge < -0.3 is 11.1 Å². The van der Waals surface area contributed by atoms with Gasteiger partial charge in [-0.25, -0.2) is 4.98 Å². The summed E-state index contributed by atoms with van der Waals surface area (Å²) in [6.45, 7) is 3.91. The Labute approximate surface area is 97.5 Å². The molecule has 3 N–H and O–H groups in total.